The van der Waals surface area contributed by atoms with E-state index < -0.39 is 25.0 Å². The predicted octanol–water partition coefficient (Wildman–Crippen LogP) is 0.0699. The van der Waals surface area contributed by atoms with E-state index in [0.717, 1.165) is 10.0 Å². The standard InChI is InChI=1S/C17H21BFN2O6.Cs/c1-4-24-16(22)20-11-12(3)10-15(21(20)17(23)25-5-2)18(19)26-13-8-6-7-9-14(13)27-18;/h6-10,15H,4-5,11H2,1-3H3;/q-1;+1. The summed E-state index contributed by atoms with van der Waals surface area (Å²) < 4.78 is 36.7. The number of hydrazine groups is 1. The molecule has 0 spiro atoms. The van der Waals surface area contributed by atoms with E-state index in [0.29, 0.717) is 5.57 Å². The van der Waals surface area contributed by atoms with Gasteiger partial charge in [0.1, 0.15) is 11.5 Å². The van der Waals surface area contributed by atoms with Crippen molar-refractivity contribution in [2.24, 2.45) is 0 Å². The van der Waals surface area contributed by atoms with Gasteiger partial charge in [-0.3, -0.25) is 0 Å². The van der Waals surface area contributed by atoms with Crippen molar-refractivity contribution in [2.75, 3.05) is 19.8 Å². The van der Waals surface area contributed by atoms with Gasteiger partial charge in [-0.05, 0) is 32.9 Å². The van der Waals surface area contributed by atoms with Crippen molar-refractivity contribution in [3.63, 3.8) is 0 Å². The Bertz CT molecular complexity index is 755. The SMILES string of the molecule is CCOC(=O)N1CC(C)=CC([B-]2(F)Oc3ccccc3O2)N1C(=O)OCC.[Cs+]. The van der Waals surface area contributed by atoms with E-state index in [1.54, 1.807) is 45.0 Å². The van der Waals surface area contributed by atoms with Gasteiger partial charge in [-0.2, -0.15) is 0 Å². The first kappa shape index (κ1) is 23.4. The van der Waals surface area contributed by atoms with Crippen molar-refractivity contribution >= 4 is 19.0 Å². The van der Waals surface area contributed by atoms with Gasteiger partial charge >= 0.3 is 87.9 Å². The molecule has 0 aromatic heterocycles. The number of amides is 2. The Morgan fingerprint density at radius 1 is 1.14 bits per heavy atom. The zero-order chi connectivity index (χ0) is 19.6. The van der Waals surface area contributed by atoms with Gasteiger partial charge in [-0.15, -0.1) is 0 Å². The summed E-state index contributed by atoms with van der Waals surface area (Å²) in [5, 5.41) is 1.86. The minimum absolute atomic E-state index is 0. The third kappa shape index (κ3) is 4.65. The largest absolute Gasteiger partial charge is 1.00 e. The maximum Gasteiger partial charge on any atom is 1.00 e. The van der Waals surface area contributed by atoms with Crippen LogP contribution in [-0.4, -0.2) is 54.7 Å². The minimum atomic E-state index is -3.53. The zero-order valence-electron chi connectivity index (χ0n) is 16.4. The summed E-state index contributed by atoms with van der Waals surface area (Å²) in [6.45, 7) is 1.63. The Morgan fingerprint density at radius 3 is 2.21 bits per heavy atom. The topological polar surface area (TPSA) is 77.5 Å². The quantitative estimate of drug-likeness (QED) is 0.422. The maximum absolute atomic E-state index is 15.8. The number of para-hydroxylation sites is 2. The number of nitrogens with zero attached hydrogens (tertiary/aromatic N) is 2. The number of carbonyl (C=O) groups excluding carboxylic acids is 2. The fourth-order valence-corrected chi connectivity index (χ4v) is 3.09. The molecule has 1 unspecified atom stereocenters. The fraction of sp³-hybridized carbons (Fsp3) is 0.412. The molecule has 28 heavy (non-hydrogen) atoms. The fourth-order valence-electron chi connectivity index (χ4n) is 3.09. The van der Waals surface area contributed by atoms with Crippen LogP contribution in [0.1, 0.15) is 20.8 Å². The average molecular weight is 512 g/mol. The van der Waals surface area contributed by atoms with E-state index in [1.807, 2.05) is 0 Å². The van der Waals surface area contributed by atoms with E-state index in [9.17, 15) is 9.59 Å². The molecule has 0 aliphatic carbocycles. The summed E-state index contributed by atoms with van der Waals surface area (Å²) in [5.41, 5.74) is 0.649. The molecule has 1 aromatic carbocycles. The van der Waals surface area contributed by atoms with Gasteiger partial charge in [0.15, 0.2) is 0 Å². The number of benzene rings is 1. The van der Waals surface area contributed by atoms with E-state index in [2.05, 4.69) is 0 Å². The summed E-state index contributed by atoms with van der Waals surface area (Å²) >= 11 is 0. The maximum atomic E-state index is 15.8. The Kier molecular flexibility index (Phi) is 8.17. The van der Waals surface area contributed by atoms with E-state index in [1.165, 1.54) is 6.08 Å². The van der Waals surface area contributed by atoms with Crippen molar-refractivity contribution < 1.29 is 102 Å². The van der Waals surface area contributed by atoms with Crippen molar-refractivity contribution in [1.82, 2.24) is 10.0 Å². The Balaban J connectivity index is 0.00000280. The van der Waals surface area contributed by atoms with Crippen LogP contribution in [0.4, 0.5) is 13.9 Å². The molecule has 0 saturated carbocycles. The number of carbonyl (C=O) groups is 2. The average Bonchev–Trinajstić information content (AvgIpc) is 2.98. The molecule has 8 nitrogen and oxygen atoms in total. The first-order valence-corrected chi connectivity index (χ1v) is 8.76. The monoisotopic (exact) mass is 512 g/mol. The van der Waals surface area contributed by atoms with Crippen LogP contribution >= 0.6 is 0 Å². The van der Waals surface area contributed by atoms with Gasteiger partial charge in [0.25, 0.3) is 0 Å². The second kappa shape index (κ2) is 9.77. The van der Waals surface area contributed by atoms with Gasteiger partial charge in [0, 0.05) is 0 Å². The predicted molar refractivity (Wildman–Crippen MR) is 94.7 cm³/mol. The van der Waals surface area contributed by atoms with Crippen molar-refractivity contribution in [3.8, 4) is 11.5 Å². The number of halogens is 1. The second-order valence-corrected chi connectivity index (χ2v) is 6.16. The number of fused-ring (bicyclic) bond motifs is 1. The number of rotatable bonds is 3. The molecule has 3 rings (SSSR count). The minimum Gasteiger partial charge on any atom is -0.653 e. The van der Waals surface area contributed by atoms with Crippen LogP contribution in [0.15, 0.2) is 35.9 Å². The molecule has 0 radical (unpaired) electrons. The molecule has 0 saturated heterocycles. The van der Waals surface area contributed by atoms with E-state index >= 15 is 4.32 Å². The van der Waals surface area contributed by atoms with Crippen LogP contribution in [0.2, 0.25) is 0 Å². The van der Waals surface area contributed by atoms with E-state index in [-0.39, 0.29) is 100 Å². The van der Waals surface area contributed by atoms with Crippen LogP contribution in [0.5, 0.6) is 11.5 Å². The van der Waals surface area contributed by atoms with Gasteiger partial charge in [-0.1, -0.05) is 23.8 Å². The molecule has 0 fully saturated rings. The molecule has 1 aromatic rings. The van der Waals surface area contributed by atoms with Crippen molar-refractivity contribution in [1.29, 1.82) is 0 Å². The van der Waals surface area contributed by atoms with Crippen LogP contribution in [0.3, 0.4) is 0 Å². The summed E-state index contributed by atoms with van der Waals surface area (Å²) in [6, 6.07) is 6.49. The van der Waals surface area contributed by atoms with Crippen LogP contribution in [0, 0.1) is 0 Å². The van der Waals surface area contributed by atoms with Gasteiger partial charge < -0.3 is 23.1 Å². The molecule has 1 atom stereocenters. The molecule has 2 aliphatic rings. The van der Waals surface area contributed by atoms with E-state index in [4.69, 9.17) is 18.8 Å². The molecule has 146 valence electrons. The summed E-state index contributed by atoms with van der Waals surface area (Å²) in [5.74, 6) is -0.888. The van der Waals surface area contributed by atoms with Crippen LogP contribution < -0.4 is 78.2 Å². The van der Waals surface area contributed by atoms with Crippen molar-refractivity contribution in [2.45, 2.75) is 26.7 Å². The Hall–Kier alpha value is -0.853. The Morgan fingerprint density at radius 2 is 1.68 bits per heavy atom. The molecule has 2 aliphatic heterocycles. The smallest absolute Gasteiger partial charge is 0.653 e. The third-order valence-electron chi connectivity index (χ3n) is 4.16. The first-order chi connectivity index (χ1) is 12.9. The normalized spacial score (nSPS) is 19.4. The molecule has 0 N–H and O–H groups in total. The van der Waals surface area contributed by atoms with Crippen LogP contribution in [-0.2, 0) is 9.47 Å². The second-order valence-electron chi connectivity index (χ2n) is 6.16. The third-order valence-corrected chi connectivity index (χ3v) is 4.16. The van der Waals surface area contributed by atoms with Gasteiger partial charge in [0.05, 0.1) is 25.7 Å². The van der Waals surface area contributed by atoms with Gasteiger partial charge in [0.2, 0.25) is 0 Å². The number of hydrogen-bond donors (Lipinski definition) is 0. The molecular formula is C17H21BCsFN2O6. The summed E-state index contributed by atoms with van der Waals surface area (Å²) in [6.07, 6.45) is -0.197. The molecule has 11 heteroatoms. The summed E-state index contributed by atoms with van der Waals surface area (Å²) in [7, 11) is 0. The molecule has 0 bridgehead atoms. The Labute approximate surface area is 221 Å². The molecule has 2 heterocycles. The van der Waals surface area contributed by atoms with Crippen molar-refractivity contribution in [3.05, 3.63) is 35.9 Å². The van der Waals surface area contributed by atoms with Gasteiger partial charge in [-0.25, -0.2) is 19.6 Å². The summed E-state index contributed by atoms with van der Waals surface area (Å²) in [4.78, 5) is 24.9. The number of hydrogen-bond acceptors (Lipinski definition) is 6. The number of ether oxygens (including phenoxy) is 2. The van der Waals surface area contributed by atoms with Crippen LogP contribution in [0.25, 0.3) is 0 Å². The molecular weight excluding hydrogens is 491 g/mol. The zero-order valence-corrected chi connectivity index (χ0v) is 22.7. The molecule has 2 amide bonds. The first-order valence-electron chi connectivity index (χ1n) is 8.76.